The van der Waals surface area contributed by atoms with Crippen LogP contribution in [0.1, 0.15) is 37.3 Å². The third-order valence-corrected chi connectivity index (χ3v) is 5.52. The molecule has 1 unspecified atom stereocenters. The minimum Gasteiger partial charge on any atom is -0.483 e. The fourth-order valence-electron chi connectivity index (χ4n) is 4.21. The molecule has 30 heavy (non-hydrogen) atoms. The van der Waals surface area contributed by atoms with Gasteiger partial charge in [-0.3, -0.25) is 4.79 Å². The summed E-state index contributed by atoms with van der Waals surface area (Å²) in [7, 11) is 0. The SMILES string of the molecule is FC(F)(F)Cc1cccc(-c2nccn2C2CCOC3(CCOCC3)C2)c1.O=CO. The van der Waals surface area contributed by atoms with Gasteiger partial charge in [-0.1, -0.05) is 18.2 Å². The molecule has 2 fully saturated rings. The highest BCUT2D eigenvalue weighted by molar-refractivity contribution is 5.57. The number of nitrogens with zero attached hydrogens (tertiary/aromatic N) is 2. The molecule has 2 saturated heterocycles. The third kappa shape index (κ3) is 5.60. The first-order chi connectivity index (χ1) is 14.4. The van der Waals surface area contributed by atoms with Crippen LogP contribution in [0, 0.1) is 0 Å². The zero-order chi connectivity index (χ0) is 21.6. The van der Waals surface area contributed by atoms with Crippen molar-refractivity contribution in [3.8, 4) is 11.4 Å². The molecule has 1 aromatic heterocycles. The first-order valence-electron chi connectivity index (χ1n) is 9.84. The first kappa shape index (κ1) is 22.3. The molecule has 0 aliphatic carbocycles. The summed E-state index contributed by atoms with van der Waals surface area (Å²) in [6.45, 7) is 1.85. The smallest absolute Gasteiger partial charge is 0.393 e. The van der Waals surface area contributed by atoms with Gasteiger partial charge in [-0.2, -0.15) is 13.2 Å². The molecule has 1 atom stereocenters. The lowest BCUT2D eigenvalue weighted by atomic mass is 9.84. The summed E-state index contributed by atoms with van der Waals surface area (Å²) in [5, 5.41) is 6.89. The number of hydrogen-bond donors (Lipinski definition) is 1. The second-order valence-corrected chi connectivity index (χ2v) is 7.55. The summed E-state index contributed by atoms with van der Waals surface area (Å²) in [6.07, 6.45) is 2.01. The van der Waals surface area contributed by atoms with E-state index in [1.165, 1.54) is 6.07 Å². The molecule has 2 aliphatic heterocycles. The Balaban J connectivity index is 0.000000806. The molecule has 1 aromatic carbocycles. The molecule has 9 heteroatoms. The summed E-state index contributed by atoms with van der Waals surface area (Å²) in [5.74, 6) is 0.716. The van der Waals surface area contributed by atoms with Crippen LogP contribution < -0.4 is 0 Å². The Morgan fingerprint density at radius 2 is 2.00 bits per heavy atom. The van der Waals surface area contributed by atoms with Crippen molar-refractivity contribution in [3.05, 3.63) is 42.2 Å². The predicted molar refractivity (Wildman–Crippen MR) is 103 cm³/mol. The highest BCUT2D eigenvalue weighted by Gasteiger charge is 2.40. The molecule has 0 bridgehead atoms. The minimum absolute atomic E-state index is 0.152. The average Bonchev–Trinajstić information content (AvgIpc) is 3.18. The van der Waals surface area contributed by atoms with Crippen LogP contribution >= 0.6 is 0 Å². The molecular weight excluding hydrogens is 401 g/mol. The maximum Gasteiger partial charge on any atom is 0.393 e. The molecule has 164 valence electrons. The highest BCUT2D eigenvalue weighted by atomic mass is 19.4. The minimum atomic E-state index is -4.22. The van der Waals surface area contributed by atoms with E-state index in [4.69, 9.17) is 19.4 Å². The summed E-state index contributed by atoms with van der Waals surface area (Å²) in [6, 6.07) is 6.81. The van der Waals surface area contributed by atoms with E-state index < -0.39 is 12.6 Å². The Kier molecular flexibility index (Phi) is 7.14. The van der Waals surface area contributed by atoms with Gasteiger partial charge in [0.05, 0.1) is 12.0 Å². The van der Waals surface area contributed by atoms with Gasteiger partial charge in [0.15, 0.2) is 0 Å². The normalized spacial score (nSPS) is 21.0. The number of rotatable bonds is 3. The van der Waals surface area contributed by atoms with Gasteiger partial charge in [0.1, 0.15) is 5.82 Å². The molecular formula is C21H25F3N2O4. The van der Waals surface area contributed by atoms with Crippen molar-refractivity contribution in [2.24, 2.45) is 0 Å². The molecule has 2 aliphatic rings. The van der Waals surface area contributed by atoms with Crippen LogP contribution in [0.15, 0.2) is 36.7 Å². The number of imidazole rings is 1. The number of halogens is 3. The monoisotopic (exact) mass is 426 g/mol. The van der Waals surface area contributed by atoms with E-state index in [0.717, 1.165) is 25.7 Å². The van der Waals surface area contributed by atoms with Crippen LogP contribution in [0.2, 0.25) is 0 Å². The third-order valence-electron chi connectivity index (χ3n) is 5.52. The second-order valence-electron chi connectivity index (χ2n) is 7.55. The molecule has 1 spiro atoms. The number of ether oxygens (including phenoxy) is 2. The van der Waals surface area contributed by atoms with Crippen LogP contribution in [0.25, 0.3) is 11.4 Å². The van der Waals surface area contributed by atoms with Crippen molar-refractivity contribution in [3.63, 3.8) is 0 Å². The van der Waals surface area contributed by atoms with E-state index >= 15 is 0 Å². The van der Waals surface area contributed by atoms with E-state index in [-0.39, 0.29) is 23.7 Å². The Bertz CT molecular complexity index is 826. The van der Waals surface area contributed by atoms with Gasteiger partial charge < -0.3 is 19.1 Å². The van der Waals surface area contributed by atoms with Crippen molar-refractivity contribution < 1.29 is 32.5 Å². The maximum absolute atomic E-state index is 12.7. The summed E-state index contributed by atoms with van der Waals surface area (Å²) < 4.78 is 51.9. The van der Waals surface area contributed by atoms with Crippen molar-refractivity contribution in [1.82, 2.24) is 9.55 Å². The van der Waals surface area contributed by atoms with Crippen LogP contribution in [0.3, 0.4) is 0 Å². The Hall–Kier alpha value is -2.39. The summed E-state index contributed by atoms with van der Waals surface area (Å²) in [5.41, 5.74) is 0.817. The number of alkyl halides is 3. The highest BCUT2D eigenvalue weighted by Crippen LogP contribution is 2.40. The van der Waals surface area contributed by atoms with Gasteiger partial charge in [-0.15, -0.1) is 0 Å². The zero-order valence-corrected chi connectivity index (χ0v) is 16.5. The maximum atomic E-state index is 12.7. The van der Waals surface area contributed by atoms with Gasteiger partial charge in [-0.05, 0) is 37.3 Å². The number of aromatic nitrogens is 2. The molecule has 0 radical (unpaired) electrons. The summed E-state index contributed by atoms with van der Waals surface area (Å²) >= 11 is 0. The Morgan fingerprint density at radius 3 is 2.70 bits per heavy atom. The van der Waals surface area contributed by atoms with Crippen molar-refractivity contribution >= 4 is 6.47 Å². The average molecular weight is 426 g/mol. The van der Waals surface area contributed by atoms with E-state index in [1.54, 1.807) is 18.3 Å². The van der Waals surface area contributed by atoms with Crippen molar-refractivity contribution in [2.45, 2.75) is 49.9 Å². The zero-order valence-electron chi connectivity index (χ0n) is 16.5. The molecule has 1 N–H and O–H groups in total. The van der Waals surface area contributed by atoms with Crippen LogP contribution in [0.4, 0.5) is 13.2 Å². The van der Waals surface area contributed by atoms with Crippen LogP contribution in [-0.4, -0.2) is 52.7 Å². The van der Waals surface area contributed by atoms with Gasteiger partial charge in [0.25, 0.3) is 6.47 Å². The van der Waals surface area contributed by atoms with Crippen molar-refractivity contribution in [1.29, 1.82) is 0 Å². The van der Waals surface area contributed by atoms with E-state index in [9.17, 15) is 13.2 Å². The standard InChI is InChI=1S/C20H23F3N2O2.CH2O2/c21-20(22,23)13-15-2-1-3-16(12-15)18-24-7-8-25(18)17-4-9-27-19(14-17)5-10-26-11-6-19;2-1-3/h1-3,7-8,12,17H,4-6,9-11,13-14H2;1H,(H,2,3). The number of carboxylic acid groups (broad SMARTS) is 1. The topological polar surface area (TPSA) is 73.6 Å². The van der Waals surface area contributed by atoms with Gasteiger partial charge in [-0.25, -0.2) is 4.98 Å². The number of carbonyl (C=O) groups is 1. The van der Waals surface area contributed by atoms with Gasteiger partial charge >= 0.3 is 6.18 Å². The summed E-state index contributed by atoms with van der Waals surface area (Å²) in [4.78, 5) is 12.8. The lowest BCUT2D eigenvalue weighted by Gasteiger charge is -2.43. The Labute approximate surface area is 172 Å². The molecule has 2 aromatic rings. The first-order valence-corrected chi connectivity index (χ1v) is 9.84. The van der Waals surface area contributed by atoms with E-state index in [2.05, 4.69) is 9.55 Å². The number of benzene rings is 1. The van der Waals surface area contributed by atoms with Gasteiger partial charge in [0.2, 0.25) is 0 Å². The molecule has 6 nitrogen and oxygen atoms in total. The Morgan fingerprint density at radius 1 is 1.27 bits per heavy atom. The van der Waals surface area contributed by atoms with Crippen molar-refractivity contribution in [2.75, 3.05) is 19.8 Å². The van der Waals surface area contributed by atoms with E-state index in [0.29, 0.717) is 31.2 Å². The molecule has 0 amide bonds. The van der Waals surface area contributed by atoms with E-state index in [1.807, 2.05) is 12.3 Å². The predicted octanol–water partition coefficient (Wildman–Crippen LogP) is 4.26. The fourth-order valence-corrected chi connectivity index (χ4v) is 4.21. The van der Waals surface area contributed by atoms with Gasteiger partial charge in [0, 0.05) is 43.8 Å². The lowest BCUT2D eigenvalue weighted by Crippen LogP contribution is -2.44. The largest absolute Gasteiger partial charge is 0.483 e. The second kappa shape index (κ2) is 9.61. The molecule has 3 heterocycles. The fraction of sp³-hybridized carbons (Fsp3) is 0.524. The van der Waals surface area contributed by atoms with Crippen LogP contribution in [0.5, 0.6) is 0 Å². The number of hydrogen-bond acceptors (Lipinski definition) is 4. The lowest BCUT2D eigenvalue weighted by molar-refractivity contribution is -0.144. The van der Waals surface area contributed by atoms with Crippen LogP contribution in [-0.2, 0) is 20.7 Å². The molecule has 4 rings (SSSR count). The molecule has 0 saturated carbocycles. The quantitative estimate of drug-likeness (QED) is 0.743.